The molecule has 2 rings (SSSR count). The van der Waals surface area contributed by atoms with Gasteiger partial charge in [-0.1, -0.05) is 24.3 Å². The highest BCUT2D eigenvalue weighted by Crippen LogP contribution is 2.15. The van der Waals surface area contributed by atoms with Gasteiger partial charge in [0.25, 0.3) is 5.91 Å². The van der Waals surface area contributed by atoms with Gasteiger partial charge in [0.1, 0.15) is 6.61 Å². The summed E-state index contributed by atoms with van der Waals surface area (Å²) in [6, 6.07) is 10.0. The van der Waals surface area contributed by atoms with Crippen molar-refractivity contribution in [3.05, 3.63) is 65.5 Å². The van der Waals surface area contributed by atoms with Gasteiger partial charge in [0, 0.05) is 30.0 Å². The topological polar surface area (TPSA) is 77.2 Å². The molecule has 1 aromatic carbocycles. The number of nitrogens with zero attached hydrogens (tertiary/aromatic N) is 1. The molecule has 5 nitrogen and oxygen atoms in total. The molecule has 1 aromatic heterocycles. The number of nitrogens with two attached hydrogens (primary N) is 1. The van der Waals surface area contributed by atoms with Crippen molar-refractivity contribution in [2.24, 2.45) is 5.73 Å². The van der Waals surface area contributed by atoms with E-state index in [1.807, 2.05) is 20.8 Å². The molecule has 28 heavy (non-hydrogen) atoms. The first-order valence-corrected chi connectivity index (χ1v) is 8.63. The Labute approximate surface area is 163 Å². The number of nitrogens with one attached hydrogen (secondary N) is 1. The van der Waals surface area contributed by atoms with Crippen molar-refractivity contribution in [3.63, 3.8) is 0 Å². The Hall–Kier alpha value is -2.45. The van der Waals surface area contributed by atoms with E-state index >= 15 is 0 Å². The van der Waals surface area contributed by atoms with Crippen molar-refractivity contribution in [2.45, 2.75) is 45.6 Å². The van der Waals surface area contributed by atoms with E-state index in [1.165, 1.54) is 12.4 Å². The molecular formula is C20H26F3N3O2. The quantitative estimate of drug-likeness (QED) is 0.777. The van der Waals surface area contributed by atoms with Gasteiger partial charge in [-0.15, -0.1) is 0 Å². The van der Waals surface area contributed by atoms with Crippen molar-refractivity contribution in [1.82, 2.24) is 10.3 Å². The van der Waals surface area contributed by atoms with E-state index in [1.54, 1.807) is 36.4 Å². The summed E-state index contributed by atoms with van der Waals surface area (Å²) < 4.78 is 40.5. The molecular weight excluding hydrogens is 371 g/mol. The minimum atomic E-state index is -4.32. The average molecular weight is 397 g/mol. The molecule has 0 bridgehead atoms. The zero-order valence-corrected chi connectivity index (χ0v) is 16.2. The molecule has 154 valence electrons. The van der Waals surface area contributed by atoms with E-state index in [0.717, 1.165) is 5.56 Å². The summed E-state index contributed by atoms with van der Waals surface area (Å²) in [6.07, 6.45) is -1.26. The van der Waals surface area contributed by atoms with Crippen LogP contribution >= 0.6 is 0 Å². The van der Waals surface area contributed by atoms with Gasteiger partial charge in [-0.05, 0) is 44.0 Å². The molecule has 0 aliphatic heterocycles. The number of hydrogen-bond acceptors (Lipinski definition) is 4. The Morgan fingerprint density at radius 2 is 1.54 bits per heavy atom. The fourth-order valence-electron chi connectivity index (χ4n) is 1.83. The third-order valence-corrected chi connectivity index (χ3v) is 2.95. The Morgan fingerprint density at radius 3 is 2.04 bits per heavy atom. The van der Waals surface area contributed by atoms with Crippen molar-refractivity contribution in [1.29, 1.82) is 0 Å². The maximum Gasteiger partial charge on any atom is 0.411 e. The highest BCUT2D eigenvalue weighted by Gasteiger charge is 2.27. The second-order valence-electron chi connectivity index (χ2n) is 7.21. The van der Waals surface area contributed by atoms with Gasteiger partial charge in [-0.25, -0.2) is 0 Å². The predicted molar refractivity (Wildman–Crippen MR) is 102 cm³/mol. The monoisotopic (exact) mass is 397 g/mol. The molecule has 0 aliphatic carbocycles. The van der Waals surface area contributed by atoms with Gasteiger partial charge in [-0.3, -0.25) is 9.78 Å². The van der Waals surface area contributed by atoms with Crippen LogP contribution in [0.25, 0.3) is 0 Å². The molecule has 0 aliphatic rings. The summed E-state index contributed by atoms with van der Waals surface area (Å²) in [6.45, 7) is 4.84. The molecule has 0 radical (unpaired) electrons. The number of aromatic nitrogens is 1. The van der Waals surface area contributed by atoms with E-state index < -0.39 is 12.8 Å². The van der Waals surface area contributed by atoms with Crippen LogP contribution in [-0.4, -0.2) is 29.2 Å². The minimum absolute atomic E-state index is 0. The summed E-state index contributed by atoms with van der Waals surface area (Å²) in [4.78, 5) is 15.7. The van der Waals surface area contributed by atoms with E-state index in [0.29, 0.717) is 17.7 Å². The fourth-order valence-corrected chi connectivity index (χ4v) is 1.83. The third kappa shape index (κ3) is 12.0. The average Bonchev–Trinajstić information content (AvgIpc) is 2.59. The number of ether oxygens (including phenoxy) is 1. The van der Waals surface area contributed by atoms with Gasteiger partial charge in [-0.2, -0.15) is 13.2 Å². The lowest BCUT2D eigenvalue weighted by molar-refractivity contribution is -0.176. The zero-order valence-electron chi connectivity index (χ0n) is 16.2. The van der Waals surface area contributed by atoms with Crippen molar-refractivity contribution in [3.8, 4) is 0 Å². The van der Waals surface area contributed by atoms with Gasteiger partial charge in [0.2, 0.25) is 0 Å². The predicted octanol–water partition coefficient (Wildman–Crippen LogP) is 3.83. The standard InChI is InChI=1S/C16H15F3N2O2.C4H11N/c17-16(18,19)11-23-10-13-3-1-12(2-4-13)9-21-15(22)14-5-7-20-8-6-14;1-4(2,3)5/h1-8H,9-11H2,(H,21,22);5H2,1-3H3. The molecule has 3 N–H and O–H groups in total. The van der Waals surface area contributed by atoms with Gasteiger partial charge < -0.3 is 15.8 Å². The van der Waals surface area contributed by atoms with Gasteiger partial charge in [0.05, 0.1) is 6.61 Å². The van der Waals surface area contributed by atoms with Crippen LogP contribution in [0.1, 0.15) is 42.3 Å². The van der Waals surface area contributed by atoms with E-state index in [4.69, 9.17) is 5.73 Å². The molecule has 0 unspecified atom stereocenters. The molecule has 1 amide bonds. The number of pyridine rings is 1. The Balaban J connectivity index is 0.000000696. The lowest BCUT2D eigenvalue weighted by atomic mass is 10.1. The molecule has 0 saturated heterocycles. The highest BCUT2D eigenvalue weighted by atomic mass is 19.4. The number of rotatable bonds is 6. The van der Waals surface area contributed by atoms with Crippen LogP contribution in [0.3, 0.4) is 0 Å². The lowest BCUT2D eigenvalue weighted by Crippen LogP contribution is -2.26. The van der Waals surface area contributed by atoms with Crippen molar-refractivity contribution in [2.75, 3.05) is 6.61 Å². The largest absolute Gasteiger partial charge is 0.411 e. The van der Waals surface area contributed by atoms with Crippen molar-refractivity contribution >= 4 is 5.91 Å². The third-order valence-electron chi connectivity index (χ3n) is 2.95. The van der Waals surface area contributed by atoms with Crippen molar-refractivity contribution < 1.29 is 22.7 Å². The van der Waals surface area contributed by atoms with Crippen LogP contribution < -0.4 is 11.1 Å². The number of carbonyl (C=O) groups excluding carboxylic acids is 1. The summed E-state index contributed by atoms with van der Waals surface area (Å²) in [5, 5.41) is 2.75. The SMILES string of the molecule is CC(C)(C)N.O=C(NCc1ccc(COCC(F)(F)F)cc1)c1ccncc1. The number of benzene rings is 1. The van der Waals surface area contributed by atoms with Crippen LogP contribution in [-0.2, 0) is 17.9 Å². The van der Waals surface area contributed by atoms with Crippen LogP contribution in [0.2, 0.25) is 0 Å². The first-order valence-electron chi connectivity index (χ1n) is 8.63. The molecule has 0 fully saturated rings. The first-order chi connectivity index (χ1) is 12.9. The number of hydrogen-bond donors (Lipinski definition) is 2. The Morgan fingerprint density at radius 1 is 1.04 bits per heavy atom. The second-order valence-corrected chi connectivity index (χ2v) is 7.21. The van der Waals surface area contributed by atoms with E-state index in [9.17, 15) is 18.0 Å². The molecule has 0 spiro atoms. The van der Waals surface area contributed by atoms with Crippen LogP contribution in [0.15, 0.2) is 48.8 Å². The Kier molecular flexibility index (Phi) is 9.08. The number of halogens is 3. The van der Waals surface area contributed by atoms with E-state index in [-0.39, 0.29) is 18.1 Å². The summed E-state index contributed by atoms with van der Waals surface area (Å²) >= 11 is 0. The molecule has 8 heteroatoms. The first kappa shape index (κ1) is 23.6. The lowest BCUT2D eigenvalue weighted by Gasteiger charge is -2.09. The normalized spacial score (nSPS) is 11.4. The summed E-state index contributed by atoms with van der Waals surface area (Å²) in [5.74, 6) is -0.218. The fraction of sp³-hybridized carbons (Fsp3) is 0.400. The van der Waals surface area contributed by atoms with Crippen LogP contribution in [0, 0.1) is 0 Å². The molecule has 0 saturated carbocycles. The van der Waals surface area contributed by atoms with Crippen LogP contribution in [0.5, 0.6) is 0 Å². The molecule has 0 atom stereocenters. The smallest absolute Gasteiger partial charge is 0.367 e. The minimum Gasteiger partial charge on any atom is -0.367 e. The molecule has 2 aromatic rings. The highest BCUT2D eigenvalue weighted by molar-refractivity contribution is 5.93. The second kappa shape index (κ2) is 10.8. The Bertz CT molecular complexity index is 706. The number of amides is 1. The number of carbonyl (C=O) groups is 1. The van der Waals surface area contributed by atoms with E-state index in [2.05, 4.69) is 15.0 Å². The van der Waals surface area contributed by atoms with Gasteiger partial charge in [0.15, 0.2) is 0 Å². The zero-order chi connectivity index (χ0) is 21.2. The maximum absolute atomic E-state index is 12.0. The number of alkyl halides is 3. The van der Waals surface area contributed by atoms with Crippen LogP contribution in [0.4, 0.5) is 13.2 Å². The van der Waals surface area contributed by atoms with Gasteiger partial charge >= 0.3 is 6.18 Å². The maximum atomic E-state index is 12.0. The molecule has 1 heterocycles. The summed E-state index contributed by atoms with van der Waals surface area (Å²) in [7, 11) is 0. The summed E-state index contributed by atoms with van der Waals surface area (Å²) in [5.41, 5.74) is 7.34.